The molecule has 0 aromatic rings. The molecule has 0 bridgehead atoms. The third-order valence-corrected chi connectivity index (χ3v) is 1.96. The van der Waals surface area contributed by atoms with Gasteiger partial charge in [-0.2, -0.15) is 0 Å². The minimum absolute atomic E-state index is 0.0191. The summed E-state index contributed by atoms with van der Waals surface area (Å²) >= 11 is 0. The van der Waals surface area contributed by atoms with Gasteiger partial charge in [-0.1, -0.05) is 0 Å². The van der Waals surface area contributed by atoms with Crippen LogP contribution in [-0.4, -0.2) is 37.1 Å². The molecule has 5 nitrogen and oxygen atoms in total. The summed E-state index contributed by atoms with van der Waals surface area (Å²) in [5.41, 5.74) is 0.0191. The maximum atomic E-state index is 11.4. The molecule has 0 radical (unpaired) electrons. The molecular weight excluding hydrogens is 220 g/mol. The van der Waals surface area contributed by atoms with Crippen molar-refractivity contribution in [1.82, 2.24) is 10.6 Å². The Morgan fingerprint density at radius 3 is 2.29 bits per heavy atom. The molecule has 0 atom stereocenters. The molecule has 1 amide bonds. The lowest BCUT2D eigenvalue weighted by Crippen LogP contribution is -2.38. The first-order chi connectivity index (χ1) is 7.85. The van der Waals surface area contributed by atoms with E-state index in [1.807, 2.05) is 20.8 Å². The summed E-state index contributed by atoms with van der Waals surface area (Å²) in [6.45, 7) is 9.25. The van der Waals surface area contributed by atoms with Crippen LogP contribution in [0, 0.1) is 0 Å². The predicted octanol–water partition coefficient (Wildman–Crippen LogP) is 0.834. The molecule has 2 N–H and O–H groups in total. The number of ether oxygens (including phenoxy) is 1. The number of rotatable bonds is 7. The maximum Gasteiger partial charge on any atom is 0.307 e. The highest BCUT2D eigenvalue weighted by Gasteiger charge is 2.09. The molecule has 0 rings (SSSR count). The van der Waals surface area contributed by atoms with E-state index in [2.05, 4.69) is 10.6 Å². The lowest BCUT2D eigenvalue weighted by Gasteiger charge is -2.20. The van der Waals surface area contributed by atoms with Crippen LogP contribution in [0.3, 0.4) is 0 Å². The van der Waals surface area contributed by atoms with E-state index in [0.717, 1.165) is 0 Å². The Balaban J connectivity index is 3.50. The van der Waals surface area contributed by atoms with E-state index in [-0.39, 0.29) is 23.8 Å². The van der Waals surface area contributed by atoms with Crippen LogP contribution < -0.4 is 10.6 Å². The van der Waals surface area contributed by atoms with Crippen molar-refractivity contribution in [2.24, 2.45) is 0 Å². The summed E-state index contributed by atoms with van der Waals surface area (Å²) in [5, 5.41) is 5.90. The fourth-order valence-corrected chi connectivity index (χ4v) is 1.18. The quantitative estimate of drug-likeness (QED) is 0.651. The molecule has 0 aliphatic heterocycles. The third-order valence-electron chi connectivity index (χ3n) is 1.96. The number of esters is 1. The van der Waals surface area contributed by atoms with Gasteiger partial charge in [0.25, 0.3) is 0 Å². The molecule has 0 fully saturated rings. The lowest BCUT2D eigenvalue weighted by molar-refractivity contribution is -0.143. The minimum Gasteiger partial charge on any atom is -0.466 e. The zero-order valence-corrected chi connectivity index (χ0v) is 11.3. The number of amides is 1. The van der Waals surface area contributed by atoms with Crippen molar-refractivity contribution < 1.29 is 14.3 Å². The Labute approximate surface area is 103 Å². The van der Waals surface area contributed by atoms with Crippen molar-refractivity contribution in [1.29, 1.82) is 0 Å². The van der Waals surface area contributed by atoms with Crippen molar-refractivity contribution in [2.45, 2.75) is 46.1 Å². The molecule has 0 unspecified atom stereocenters. The molecule has 5 heteroatoms. The lowest BCUT2D eigenvalue weighted by atomic mass is 10.1. The van der Waals surface area contributed by atoms with E-state index in [1.165, 1.54) is 0 Å². The van der Waals surface area contributed by atoms with Crippen molar-refractivity contribution in [3.8, 4) is 0 Å². The molecule has 0 aliphatic carbocycles. The summed E-state index contributed by atoms with van der Waals surface area (Å²) < 4.78 is 4.75. The average molecular weight is 244 g/mol. The molecule has 0 aromatic carbocycles. The first-order valence-electron chi connectivity index (χ1n) is 6.02. The zero-order valence-electron chi connectivity index (χ0n) is 11.3. The van der Waals surface area contributed by atoms with E-state index < -0.39 is 0 Å². The summed E-state index contributed by atoms with van der Waals surface area (Å²) in [7, 11) is 0. The van der Waals surface area contributed by atoms with Crippen LogP contribution in [-0.2, 0) is 14.3 Å². The van der Waals surface area contributed by atoms with Crippen LogP contribution in [0.5, 0.6) is 0 Å². The van der Waals surface area contributed by atoms with Crippen molar-refractivity contribution >= 4 is 11.9 Å². The van der Waals surface area contributed by atoms with Gasteiger partial charge >= 0.3 is 5.97 Å². The van der Waals surface area contributed by atoms with Crippen LogP contribution in [0.1, 0.15) is 40.5 Å². The summed E-state index contributed by atoms with van der Waals surface area (Å²) in [6, 6.07) is 0. The number of hydrogen-bond donors (Lipinski definition) is 2. The fraction of sp³-hybridized carbons (Fsp3) is 0.833. The van der Waals surface area contributed by atoms with Crippen molar-refractivity contribution in [3.05, 3.63) is 0 Å². The van der Waals surface area contributed by atoms with E-state index >= 15 is 0 Å². The monoisotopic (exact) mass is 244 g/mol. The molecule has 0 aromatic heterocycles. The maximum absolute atomic E-state index is 11.4. The number of carbonyl (C=O) groups is 2. The highest BCUT2D eigenvalue weighted by molar-refractivity contribution is 5.77. The first-order valence-corrected chi connectivity index (χ1v) is 6.02. The topological polar surface area (TPSA) is 67.4 Å². The Bertz CT molecular complexity index is 247. The molecule has 100 valence electrons. The van der Waals surface area contributed by atoms with Gasteiger partial charge in [-0.3, -0.25) is 9.59 Å². The van der Waals surface area contributed by atoms with Crippen LogP contribution in [0.4, 0.5) is 0 Å². The van der Waals surface area contributed by atoms with E-state index in [9.17, 15) is 9.59 Å². The summed E-state index contributed by atoms with van der Waals surface area (Å²) in [6.07, 6.45) is 0.645. The van der Waals surface area contributed by atoms with Crippen LogP contribution >= 0.6 is 0 Å². The standard InChI is InChI=1S/C12H24N2O3/c1-5-17-11(16)7-8-13-10(15)6-9-14-12(2,3)4/h14H,5-9H2,1-4H3,(H,13,15). The summed E-state index contributed by atoms with van der Waals surface area (Å²) in [5.74, 6) is -0.327. The van der Waals surface area contributed by atoms with Crippen molar-refractivity contribution in [3.63, 3.8) is 0 Å². The molecule has 17 heavy (non-hydrogen) atoms. The Kier molecular flexibility index (Phi) is 7.54. The fourth-order valence-electron chi connectivity index (χ4n) is 1.18. The highest BCUT2D eigenvalue weighted by atomic mass is 16.5. The zero-order chi connectivity index (χ0) is 13.3. The molecular formula is C12H24N2O3. The van der Waals surface area contributed by atoms with Gasteiger partial charge < -0.3 is 15.4 Å². The van der Waals surface area contributed by atoms with Crippen LogP contribution in [0.25, 0.3) is 0 Å². The average Bonchev–Trinajstić information content (AvgIpc) is 2.16. The summed E-state index contributed by atoms with van der Waals surface area (Å²) in [4.78, 5) is 22.3. The molecule has 0 spiro atoms. The molecule has 0 saturated heterocycles. The van der Waals surface area contributed by atoms with Crippen LogP contribution in [0.15, 0.2) is 0 Å². The highest BCUT2D eigenvalue weighted by Crippen LogP contribution is 1.97. The number of nitrogens with one attached hydrogen (secondary N) is 2. The Hall–Kier alpha value is -1.10. The van der Waals surface area contributed by atoms with Gasteiger partial charge in [0.15, 0.2) is 0 Å². The third kappa shape index (κ3) is 11.2. The van der Waals surface area contributed by atoms with Gasteiger partial charge in [0.2, 0.25) is 5.91 Å². The SMILES string of the molecule is CCOC(=O)CCNC(=O)CCNC(C)(C)C. The number of hydrogen-bond acceptors (Lipinski definition) is 4. The first kappa shape index (κ1) is 15.9. The molecule has 0 heterocycles. The van der Waals surface area contributed by atoms with E-state index in [4.69, 9.17) is 4.74 Å². The molecule has 0 aliphatic rings. The smallest absolute Gasteiger partial charge is 0.307 e. The van der Waals surface area contributed by atoms with Crippen LogP contribution in [0.2, 0.25) is 0 Å². The van der Waals surface area contributed by atoms with Gasteiger partial charge in [-0.15, -0.1) is 0 Å². The van der Waals surface area contributed by atoms with Gasteiger partial charge in [0, 0.05) is 25.0 Å². The van der Waals surface area contributed by atoms with E-state index in [0.29, 0.717) is 26.1 Å². The second kappa shape index (κ2) is 8.06. The van der Waals surface area contributed by atoms with Gasteiger partial charge in [0.1, 0.15) is 0 Å². The van der Waals surface area contributed by atoms with E-state index in [1.54, 1.807) is 6.92 Å². The largest absolute Gasteiger partial charge is 0.466 e. The second-order valence-corrected chi connectivity index (χ2v) is 4.83. The second-order valence-electron chi connectivity index (χ2n) is 4.83. The van der Waals surface area contributed by atoms with Crippen molar-refractivity contribution in [2.75, 3.05) is 19.7 Å². The predicted molar refractivity (Wildman–Crippen MR) is 66.6 cm³/mol. The Morgan fingerprint density at radius 1 is 1.12 bits per heavy atom. The molecule has 0 saturated carbocycles. The Morgan fingerprint density at radius 2 is 1.76 bits per heavy atom. The van der Waals surface area contributed by atoms with Gasteiger partial charge in [0.05, 0.1) is 13.0 Å². The normalized spacial score (nSPS) is 11.1. The van der Waals surface area contributed by atoms with Gasteiger partial charge in [-0.25, -0.2) is 0 Å². The minimum atomic E-state index is -0.277. The number of carbonyl (C=O) groups excluding carboxylic acids is 2. The van der Waals surface area contributed by atoms with Gasteiger partial charge in [-0.05, 0) is 27.7 Å².